The SMILES string of the molecule is CC(C(=O)NCc1noc(COc2ccccc2)n1)c1ccccc1. The highest BCUT2D eigenvalue weighted by Gasteiger charge is 2.15. The van der Waals surface area contributed by atoms with Crippen LogP contribution in [-0.2, 0) is 17.9 Å². The van der Waals surface area contributed by atoms with Gasteiger partial charge >= 0.3 is 0 Å². The Balaban J connectivity index is 1.49. The summed E-state index contributed by atoms with van der Waals surface area (Å²) in [5.74, 6) is 1.18. The lowest BCUT2D eigenvalue weighted by molar-refractivity contribution is -0.122. The highest BCUT2D eigenvalue weighted by Crippen LogP contribution is 2.14. The molecule has 0 aliphatic carbocycles. The molecule has 1 N–H and O–H groups in total. The largest absolute Gasteiger partial charge is 0.484 e. The van der Waals surface area contributed by atoms with Crippen LogP contribution in [0.2, 0.25) is 0 Å². The minimum Gasteiger partial charge on any atom is -0.484 e. The van der Waals surface area contributed by atoms with E-state index in [2.05, 4.69) is 15.5 Å². The Morgan fingerprint density at radius 2 is 1.80 bits per heavy atom. The number of nitrogens with one attached hydrogen (secondary N) is 1. The molecule has 3 rings (SSSR count). The van der Waals surface area contributed by atoms with E-state index >= 15 is 0 Å². The van der Waals surface area contributed by atoms with Crippen LogP contribution in [0.1, 0.15) is 30.1 Å². The van der Waals surface area contributed by atoms with Gasteiger partial charge in [0.15, 0.2) is 12.4 Å². The van der Waals surface area contributed by atoms with Crippen LogP contribution >= 0.6 is 0 Å². The van der Waals surface area contributed by atoms with Crippen molar-refractivity contribution in [1.29, 1.82) is 0 Å². The van der Waals surface area contributed by atoms with Crippen LogP contribution in [0.4, 0.5) is 0 Å². The van der Waals surface area contributed by atoms with Crippen molar-refractivity contribution < 1.29 is 14.1 Å². The number of amides is 1. The molecule has 0 aliphatic heterocycles. The Morgan fingerprint density at radius 3 is 2.52 bits per heavy atom. The molecular formula is C19H19N3O3. The van der Waals surface area contributed by atoms with Gasteiger partial charge in [0.05, 0.1) is 12.5 Å². The first-order chi connectivity index (χ1) is 12.2. The third-order valence-corrected chi connectivity index (χ3v) is 3.73. The Bertz CT molecular complexity index is 803. The highest BCUT2D eigenvalue weighted by molar-refractivity contribution is 5.83. The minimum atomic E-state index is -0.242. The molecule has 1 atom stereocenters. The fraction of sp³-hybridized carbons (Fsp3) is 0.211. The molecule has 1 heterocycles. The Kier molecular flexibility index (Phi) is 5.41. The summed E-state index contributed by atoms with van der Waals surface area (Å²) in [6.07, 6.45) is 0. The minimum absolute atomic E-state index is 0.0851. The molecule has 0 saturated carbocycles. The lowest BCUT2D eigenvalue weighted by Gasteiger charge is -2.11. The Labute approximate surface area is 145 Å². The van der Waals surface area contributed by atoms with E-state index in [9.17, 15) is 4.79 Å². The van der Waals surface area contributed by atoms with Crippen LogP contribution in [0.3, 0.4) is 0 Å². The van der Waals surface area contributed by atoms with E-state index in [1.165, 1.54) is 0 Å². The molecular weight excluding hydrogens is 318 g/mol. The van der Waals surface area contributed by atoms with Crippen LogP contribution in [0.15, 0.2) is 65.2 Å². The van der Waals surface area contributed by atoms with E-state index in [-0.39, 0.29) is 25.0 Å². The zero-order chi connectivity index (χ0) is 17.5. The molecule has 1 unspecified atom stereocenters. The molecule has 6 heteroatoms. The lowest BCUT2D eigenvalue weighted by Crippen LogP contribution is -2.27. The van der Waals surface area contributed by atoms with E-state index in [0.717, 1.165) is 11.3 Å². The number of nitrogens with zero attached hydrogens (tertiary/aromatic N) is 2. The van der Waals surface area contributed by atoms with Crippen molar-refractivity contribution in [3.63, 3.8) is 0 Å². The highest BCUT2D eigenvalue weighted by atomic mass is 16.5. The van der Waals surface area contributed by atoms with Gasteiger partial charge in [-0.2, -0.15) is 4.98 Å². The fourth-order valence-corrected chi connectivity index (χ4v) is 2.29. The summed E-state index contributed by atoms with van der Waals surface area (Å²) < 4.78 is 10.7. The molecule has 0 saturated heterocycles. The lowest BCUT2D eigenvalue weighted by atomic mass is 10.0. The summed E-state index contributed by atoms with van der Waals surface area (Å²) in [7, 11) is 0. The fourth-order valence-electron chi connectivity index (χ4n) is 2.29. The van der Waals surface area contributed by atoms with Crippen LogP contribution in [0, 0.1) is 0 Å². The van der Waals surface area contributed by atoms with Gasteiger partial charge in [-0.25, -0.2) is 0 Å². The van der Waals surface area contributed by atoms with Crippen LogP contribution in [-0.4, -0.2) is 16.0 Å². The normalized spacial score (nSPS) is 11.7. The van der Waals surface area contributed by atoms with Crippen molar-refractivity contribution in [2.45, 2.75) is 26.0 Å². The first-order valence-electron chi connectivity index (χ1n) is 8.04. The average molecular weight is 337 g/mol. The van der Waals surface area contributed by atoms with Crippen molar-refractivity contribution >= 4 is 5.91 Å². The monoisotopic (exact) mass is 337 g/mol. The summed E-state index contributed by atoms with van der Waals surface area (Å²) in [5.41, 5.74) is 0.963. The first-order valence-corrected chi connectivity index (χ1v) is 8.04. The number of hydrogen-bond donors (Lipinski definition) is 1. The molecule has 2 aromatic carbocycles. The summed E-state index contributed by atoms with van der Waals surface area (Å²) >= 11 is 0. The second-order valence-electron chi connectivity index (χ2n) is 5.56. The maximum atomic E-state index is 12.2. The number of rotatable bonds is 7. The third kappa shape index (κ3) is 4.67. The maximum Gasteiger partial charge on any atom is 0.264 e. The van der Waals surface area contributed by atoms with E-state index < -0.39 is 0 Å². The van der Waals surface area contributed by atoms with Gasteiger partial charge in [-0.15, -0.1) is 0 Å². The van der Waals surface area contributed by atoms with Gasteiger partial charge in [0.25, 0.3) is 5.89 Å². The summed E-state index contributed by atoms with van der Waals surface area (Å²) in [6.45, 7) is 2.26. The maximum absolute atomic E-state index is 12.2. The topological polar surface area (TPSA) is 77.2 Å². The van der Waals surface area contributed by atoms with Gasteiger partial charge in [0, 0.05) is 0 Å². The molecule has 0 fully saturated rings. The zero-order valence-corrected chi connectivity index (χ0v) is 13.9. The number of hydrogen-bond acceptors (Lipinski definition) is 5. The number of carbonyl (C=O) groups excluding carboxylic acids is 1. The second kappa shape index (κ2) is 8.10. The molecule has 0 spiro atoms. The van der Waals surface area contributed by atoms with E-state index in [4.69, 9.17) is 9.26 Å². The zero-order valence-electron chi connectivity index (χ0n) is 13.9. The number of carbonyl (C=O) groups is 1. The van der Waals surface area contributed by atoms with Crippen molar-refractivity contribution in [2.75, 3.05) is 0 Å². The van der Waals surface area contributed by atoms with Crippen LogP contribution in [0.5, 0.6) is 5.75 Å². The number of aromatic nitrogens is 2. The van der Waals surface area contributed by atoms with Gasteiger partial charge in [0.2, 0.25) is 5.91 Å². The molecule has 1 amide bonds. The summed E-state index contributed by atoms with van der Waals surface area (Å²) in [6, 6.07) is 19.0. The van der Waals surface area contributed by atoms with E-state index in [1.807, 2.05) is 67.6 Å². The molecule has 0 aliphatic rings. The van der Waals surface area contributed by atoms with Crippen molar-refractivity contribution in [2.24, 2.45) is 0 Å². The van der Waals surface area contributed by atoms with Crippen molar-refractivity contribution in [3.8, 4) is 5.75 Å². The second-order valence-corrected chi connectivity index (χ2v) is 5.56. The predicted octanol–water partition coefficient (Wildman–Crippen LogP) is 3.07. The van der Waals surface area contributed by atoms with E-state index in [0.29, 0.717) is 11.7 Å². The number of ether oxygens (including phenoxy) is 1. The number of para-hydroxylation sites is 1. The van der Waals surface area contributed by atoms with Gasteiger partial charge in [-0.1, -0.05) is 53.7 Å². The molecule has 128 valence electrons. The molecule has 1 aromatic heterocycles. The van der Waals surface area contributed by atoms with Crippen LogP contribution < -0.4 is 10.1 Å². The van der Waals surface area contributed by atoms with Crippen LogP contribution in [0.25, 0.3) is 0 Å². The average Bonchev–Trinajstić information content (AvgIpc) is 3.13. The quantitative estimate of drug-likeness (QED) is 0.717. The molecule has 25 heavy (non-hydrogen) atoms. The van der Waals surface area contributed by atoms with Gasteiger partial charge < -0.3 is 14.6 Å². The number of benzene rings is 2. The van der Waals surface area contributed by atoms with Gasteiger partial charge in [0.1, 0.15) is 5.75 Å². The summed E-state index contributed by atoms with van der Waals surface area (Å²) in [4.78, 5) is 16.4. The van der Waals surface area contributed by atoms with Crippen molar-refractivity contribution in [3.05, 3.63) is 77.9 Å². The van der Waals surface area contributed by atoms with Gasteiger partial charge in [-0.3, -0.25) is 4.79 Å². The standard InChI is InChI=1S/C19H19N3O3/c1-14(15-8-4-2-5-9-15)19(23)20-12-17-21-18(25-22-17)13-24-16-10-6-3-7-11-16/h2-11,14H,12-13H2,1H3,(H,20,23). The Hall–Kier alpha value is -3.15. The Morgan fingerprint density at radius 1 is 1.12 bits per heavy atom. The molecule has 0 radical (unpaired) electrons. The predicted molar refractivity (Wildman–Crippen MR) is 91.8 cm³/mol. The third-order valence-electron chi connectivity index (χ3n) is 3.73. The van der Waals surface area contributed by atoms with Gasteiger partial charge in [-0.05, 0) is 24.6 Å². The van der Waals surface area contributed by atoms with E-state index in [1.54, 1.807) is 0 Å². The molecule has 6 nitrogen and oxygen atoms in total. The molecule has 3 aromatic rings. The first kappa shape index (κ1) is 16.7. The van der Waals surface area contributed by atoms with Crippen molar-refractivity contribution in [1.82, 2.24) is 15.5 Å². The molecule has 0 bridgehead atoms. The smallest absolute Gasteiger partial charge is 0.264 e. The summed E-state index contributed by atoms with van der Waals surface area (Å²) in [5, 5.41) is 6.67.